The number of nitrogens with zero attached hydrogens (tertiary/aromatic N) is 1. The molecule has 0 bridgehead atoms. The van der Waals surface area contributed by atoms with Gasteiger partial charge in [-0.05, 0) is 25.0 Å². The van der Waals surface area contributed by atoms with Crippen LogP contribution in [0.1, 0.15) is 29.5 Å². The van der Waals surface area contributed by atoms with Crippen LogP contribution in [0.5, 0.6) is 0 Å². The van der Waals surface area contributed by atoms with Gasteiger partial charge in [-0.15, -0.1) is 0 Å². The van der Waals surface area contributed by atoms with E-state index in [0.29, 0.717) is 11.0 Å². The number of rotatable bonds is 6. The van der Waals surface area contributed by atoms with Crippen LogP contribution >= 0.6 is 0 Å². The number of ether oxygens (including phenoxy) is 1. The van der Waals surface area contributed by atoms with Crippen LogP contribution in [-0.2, 0) is 20.9 Å². The summed E-state index contributed by atoms with van der Waals surface area (Å²) in [5.41, 5.74) is 4.25. The zero-order chi connectivity index (χ0) is 20.9. The first-order chi connectivity index (χ1) is 13.9. The molecule has 1 heterocycles. The molecule has 0 aliphatic carbocycles. The molecule has 0 saturated carbocycles. The molecule has 30 heavy (non-hydrogen) atoms. The Bertz CT molecular complexity index is 842. The monoisotopic (exact) mass is 474 g/mol. The Morgan fingerprint density at radius 1 is 1.00 bits per heavy atom. The molecule has 1 saturated heterocycles. The highest BCUT2D eigenvalue weighted by molar-refractivity contribution is 5.93. The number of benzene rings is 2. The number of quaternary nitrogens is 1. The number of carbonyl (C=O) groups excluding carboxylic acids is 2. The lowest BCUT2D eigenvalue weighted by atomic mass is 9.94. The predicted octanol–water partition coefficient (Wildman–Crippen LogP) is 0.846. The van der Waals surface area contributed by atoms with Crippen LogP contribution < -0.4 is 22.3 Å². The lowest BCUT2D eigenvalue weighted by Crippen LogP contribution is -3.00. The molecule has 1 aliphatic heterocycles. The zero-order valence-corrected chi connectivity index (χ0v) is 19.6. The van der Waals surface area contributed by atoms with Crippen molar-refractivity contribution >= 4 is 17.6 Å². The van der Waals surface area contributed by atoms with Crippen LogP contribution in [0.3, 0.4) is 0 Å². The van der Waals surface area contributed by atoms with E-state index < -0.39 is 0 Å². The Hall–Kier alpha value is -2.18. The summed E-state index contributed by atoms with van der Waals surface area (Å²) in [6, 6.07) is 16.3. The molecule has 2 aromatic carbocycles. The van der Waals surface area contributed by atoms with E-state index in [0.717, 1.165) is 49.3 Å². The van der Waals surface area contributed by atoms with Gasteiger partial charge >= 0.3 is 5.97 Å². The number of methoxy groups -OCH3 is 1. The fourth-order valence-electron chi connectivity index (χ4n) is 4.36. The lowest BCUT2D eigenvalue weighted by molar-refractivity contribution is -0.938. The first-order valence-corrected chi connectivity index (χ1v) is 10.3. The Kier molecular flexibility index (Phi) is 8.62. The summed E-state index contributed by atoms with van der Waals surface area (Å²) in [6.07, 6.45) is 1.49. The molecular weight excluding hydrogens is 444 g/mol. The molecule has 1 fully saturated rings. The molecule has 1 aliphatic rings. The fourth-order valence-corrected chi connectivity index (χ4v) is 4.36. The minimum Gasteiger partial charge on any atom is -1.00 e. The van der Waals surface area contributed by atoms with Crippen molar-refractivity contribution in [3.63, 3.8) is 0 Å². The number of nitrogens with one attached hydrogen (secondary N) is 1. The van der Waals surface area contributed by atoms with E-state index in [-0.39, 0.29) is 34.8 Å². The maximum atomic E-state index is 13.0. The van der Waals surface area contributed by atoms with Gasteiger partial charge in [-0.25, -0.2) is 0 Å². The first kappa shape index (κ1) is 24.1. The Labute approximate surface area is 189 Å². The van der Waals surface area contributed by atoms with Crippen LogP contribution in [0.4, 0.5) is 5.69 Å². The number of carbonyl (C=O) groups is 2. The van der Waals surface area contributed by atoms with Crippen molar-refractivity contribution in [2.75, 3.05) is 32.1 Å². The van der Waals surface area contributed by atoms with Crippen molar-refractivity contribution < 1.29 is 35.8 Å². The molecule has 0 atom stereocenters. The summed E-state index contributed by atoms with van der Waals surface area (Å²) < 4.78 is 5.60. The minimum absolute atomic E-state index is 0. The summed E-state index contributed by atoms with van der Waals surface area (Å²) in [5.74, 6) is -0.180. The third-order valence-corrected chi connectivity index (χ3v) is 6.02. The van der Waals surface area contributed by atoms with Crippen molar-refractivity contribution in [1.29, 1.82) is 0 Å². The topological polar surface area (TPSA) is 55.4 Å². The smallest absolute Gasteiger partial charge is 0.309 e. The number of hydrogen-bond acceptors (Lipinski definition) is 3. The fraction of sp³-hybridized carbons (Fsp3) is 0.417. The number of likely N-dealkylation sites (tertiary alicyclic amines) is 1. The lowest BCUT2D eigenvalue weighted by Gasteiger charge is -2.42. The number of aryl methyl sites for hydroxylation is 2. The summed E-state index contributed by atoms with van der Waals surface area (Å²) in [5, 5.41) is 3.14. The van der Waals surface area contributed by atoms with E-state index in [1.807, 2.05) is 50.2 Å². The number of amides is 1. The second kappa shape index (κ2) is 10.7. The molecule has 0 spiro atoms. The number of anilines is 1. The Morgan fingerprint density at radius 2 is 1.60 bits per heavy atom. The van der Waals surface area contributed by atoms with E-state index in [9.17, 15) is 9.59 Å². The molecule has 162 valence electrons. The van der Waals surface area contributed by atoms with Crippen LogP contribution in [0.15, 0.2) is 48.5 Å². The highest BCUT2D eigenvalue weighted by atomic mass is 79.9. The SMILES string of the molecule is COC(=O)C1CC[N+](CC(=O)Nc2c(C)cccc2C)(Cc2ccccc2)CC1.[Br-]. The van der Waals surface area contributed by atoms with Gasteiger partial charge in [0.05, 0.1) is 26.1 Å². The molecule has 0 unspecified atom stereocenters. The quantitative estimate of drug-likeness (QED) is 0.498. The number of para-hydroxylation sites is 1. The zero-order valence-electron chi connectivity index (χ0n) is 18.0. The average Bonchev–Trinajstić information content (AvgIpc) is 2.71. The van der Waals surface area contributed by atoms with E-state index >= 15 is 0 Å². The second-order valence-corrected chi connectivity index (χ2v) is 8.20. The molecule has 5 nitrogen and oxygen atoms in total. The van der Waals surface area contributed by atoms with Crippen molar-refractivity contribution in [1.82, 2.24) is 0 Å². The summed E-state index contributed by atoms with van der Waals surface area (Å²) >= 11 is 0. The van der Waals surface area contributed by atoms with Crippen molar-refractivity contribution in [3.8, 4) is 0 Å². The number of halogens is 1. The van der Waals surface area contributed by atoms with Crippen molar-refractivity contribution in [2.45, 2.75) is 33.2 Å². The minimum atomic E-state index is -0.137. The second-order valence-electron chi connectivity index (χ2n) is 8.20. The van der Waals surface area contributed by atoms with Gasteiger partial charge in [0.2, 0.25) is 0 Å². The van der Waals surface area contributed by atoms with Crippen molar-refractivity contribution in [3.05, 3.63) is 65.2 Å². The van der Waals surface area contributed by atoms with E-state index in [1.54, 1.807) is 0 Å². The maximum absolute atomic E-state index is 13.0. The molecule has 2 aromatic rings. The van der Waals surface area contributed by atoms with E-state index in [2.05, 4.69) is 17.4 Å². The maximum Gasteiger partial charge on any atom is 0.309 e. The van der Waals surface area contributed by atoms with Crippen LogP contribution in [-0.4, -0.2) is 43.1 Å². The van der Waals surface area contributed by atoms with Gasteiger partial charge in [0.25, 0.3) is 5.91 Å². The first-order valence-electron chi connectivity index (χ1n) is 10.3. The normalized spacial score (nSPS) is 20.7. The highest BCUT2D eigenvalue weighted by Crippen LogP contribution is 2.28. The van der Waals surface area contributed by atoms with Gasteiger partial charge in [0, 0.05) is 24.1 Å². The Morgan fingerprint density at radius 3 is 2.17 bits per heavy atom. The predicted molar refractivity (Wildman–Crippen MR) is 114 cm³/mol. The molecule has 1 amide bonds. The molecule has 3 rings (SSSR count). The van der Waals surface area contributed by atoms with Gasteiger partial charge in [-0.2, -0.15) is 0 Å². The summed E-state index contributed by atoms with van der Waals surface area (Å²) in [7, 11) is 1.45. The van der Waals surface area contributed by atoms with E-state index in [1.165, 1.54) is 12.7 Å². The van der Waals surface area contributed by atoms with Gasteiger partial charge in [0.1, 0.15) is 6.54 Å². The van der Waals surface area contributed by atoms with Gasteiger partial charge in [0.15, 0.2) is 6.54 Å². The van der Waals surface area contributed by atoms with Crippen LogP contribution in [0.2, 0.25) is 0 Å². The summed E-state index contributed by atoms with van der Waals surface area (Å²) in [4.78, 5) is 25.0. The number of hydrogen-bond donors (Lipinski definition) is 1. The largest absolute Gasteiger partial charge is 1.00 e. The van der Waals surface area contributed by atoms with Crippen LogP contribution in [0, 0.1) is 19.8 Å². The van der Waals surface area contributed by atoms with Crippen molar-refractivity contribution in [2.24, 2.45) is 5.92 Å². The molecule has 0 aromatic heterocycles. The molecule has 0 radical (unpaired) electrons. The van der Waals surface area contributed by atoms with Gasteiger partial charge < -0.3 is 31.5 Å². The standard InChI is InChI=1S/C24H30N2O3.BrH/c1-18-8-7-9-19(2)23(18)25-22(27)17-26(16-20-10-5-4-6-11-20)14-12-21(13-15-26)24(28)29-3;/h4-11,21H,12-17H2,1-3H3;1H. The Balaban J connectivity index is 0.00000320. The molecular formula is C24H31BrN2O3. The molecule has 1 N–H and O–H groups in total. The average molecular weight is 475 g/mol. The highest BCUT2D eigenvalue weighted by Gasteiger charge is 2.38. The van der Waals surface area contributed by atoms with Gasteiger partial charge in [-0.3, -0.25) is 9.59 Å². The summed E-state index contributed by atoms with van der Waals surface area (Å²) in [6.45, 7) is 6.78. The molecule has 6 heteroatoms. The number of esters is 1. The van der Waals surface area contributed by atoms with Gasteiger partial charge in [-0.1, -0.05) is 48.5 Å². The number of piperidine rings is 1. The third-order valence-electron chi connectivity index (χ3n) is 6.02. The third kappa shape index (κ3) is 5.92. The van der Waals surface area contributed by atoms with Crippen LogP contribution in [0.25, 0.3) is 0 Å². The van der Waals surface area contributed by atoms with E-state index in [4.69, 9.17) is 4.74 Å².